The molecule has 0 N–H and O–H groups in total. The summed E-state index contributed by atoms with van der Waals surface area (Å²) in [6.45, 7) is 13.6. The number of benzene rings is 6. The lowest BCUT2D eigenvalue weighted by molar-refractivity contribution is 0.590. The van der Waals surface area contributed by atoms with E-state index >= 15 is 0 Å². The number of rotatable bonds is 5. The summed E-state index contributed by atoms with van der Waals surface area (Å²) >= 11 is 0. The summed E-state index contributed by atoms with van der Waals surface area (Å²) in [6, 6.07) is 50.2. The highest BCUT2D eigenvalue weighted by Gasteiger charge is 2.21. The lowest BCUT2D eigenvalue weighted by Gasteiger charge is -2.22. The van der Waals surface area contributed by atoms with Crippen LogP contribution in [0.3, 0.4) is 0 Å². The lowest BCUT2D eigenvalue weighted by atomic mass is 9.86. The molecule has 8 rings (SSSR count). The highest BCUT2D eigenvalue weighted by Crippen LogP contribution is 2.41. The van der Waals surface area contributed by atoms with Gasteiger partial charge in [0.25, 0.3) is 0 Å². The van der Waals surface area contributed by atoms with Crippen LogP contribution in [0, 0.1) is 0 Å². The minimum absolute atomic E-state index is 0.113. The number of nitrogens with zero attached hydrogens (tertiary/aromatic N) is 1. The quantitative estimate of drug-likeness (QED) is 0.162. The van der Waals surface area contributed by atoms with Crippen LogP contribution in [-0.4, -0.2) is 4.57 Å². The van der Waals surface area contributed by atoms with Gasteiger partial charge in [-0.25, -0.2) is 0 Å². The normalized spacial score (nSPS) is 13.6. The topological polar surface area (TPSA) is 4.93 Å². The minimum atomic E-state index is 0.113. The smallest absolute Gasteiger partial charge is 0.0619 e. The van der Waals surface area contributed by atoms with Crippen LogP contribution < -0.4 is 0 Å². The van der Waals surface area contributed by atoms with Gasteiger partial charge in [0.15, 0.2) is 0 Å². The lowest BCUT2D eigenvalue weighted by Crippen LogP contribution is -2.10. The summed E-state index contributed by atoms with van der Waals surface area (Å²) in [6.07, 6.45) is 9.16. The fourth-order valence-electron chi connectivity index (χ4n) is 7.56. The third kappa shape index (κ3) is 6.27. The van der Waals surface area contributed by atoms with E-state index in [1.165, 1.54) is 83.1 Å². The molecule has 0 spiro atoms. The van der Waals surface area contributed by atoms with E-state index in [2.05, 4.69) is 198 Å². The predicted molar refractivity (Wildman–Crippen MR) is 221 cm³/mol. The maximum atomic E-state index is 2.53. The third-order valence-electron chi connectivity index (χ3n) is 10.6. The average Bonchev–Trinajstić information content (AvgIpc) is 3.58. The van der Waals surface area contributed by atoms with Gasteiger partial charge < -0.3 is 4.57 Å². The van der Waals surface area contributed by atoms with E-state index in [0.29, 0.717) is 0 Å². The average molecular weight is 662 g/mol. The second kappa shape index (κ2) is 12.7. The fourth-order valence-corrected chi connectivity index (χ4v) is 7.56. The Morgan fingerprint density at radius 3 is 1.65 bits per heavy atom. The molecule has 0 radical (unpaired) electrons. The van der Waals surface area contributed by atoms with E-state index in [0.717, 1.165) is 12.8 Å². The van der Waals surface area contributed by atoms with Crippen molar-refractivity contribution in [2.24, 2.45) is 0 Å². The van der Waals surface area contributed by atoms with Crippen molar-refractivity contribution in [2.75, 3.05) is 0 Å². The summed E-state index contributed by atoms with van der Waals surface area (Å²) in [4.78, 5) is 0. The minimum Gasteiger partial charge on any atom is -0.308 e. The number of fused-ring (bicyclic) bond motifs is 2. The van der Waals surface area contributed by atoms with E-state index < -0.39 is 0 Å². The van der Waals surface area contributed by atoms with Crippen molar-refractivity contribution in [3.8, 4) is 39.2 Å². The largest absolute Gasteiger partial charge is 0.308 e. The molecule has 1 aliphatic rings. The first-order chi connectivity index (χ1) is 24.5. The summed E-state index contributed by atoms with van der Waals surface area (Å²) in [5, 5.41) is 4.97. The molecule has 0 fully saturated rings. The van der Waals surface area contributed by atoms with Gasteiger partial charge in [-0.1, -0.05) is 163 Å². The number of hydrogen-bond acceptors (Lipinski definition) is 0. The number of allylic oxidation sites excluding steroid dienone is 4. The van der Waals surface area contributed by atoms with Crippen molar-refractivity contribution < 1.29 is 0 Å². The Morgan fingerprint density at radius 1 is 0.451 bits per heavy atom. The molecule has 1 heteroatoms. The Labute approximate surface area is 303 Å². The molecule has 7 aromatic rings. The van der Waals surface area contributed by atoms with E-state index in [9.17, 15) is 0 Å². The van der Waals surface area contributed by atoms with Crippen LogP contribution in [0.2, 0.25) is 0 Å². The summed E-state index contributed by atoms with van der Waals surface area (Å²) in [5.41, 5.74) is 14.0. The number of hydrogen-bond donors (Lipinski definition) is 0. The molecule has 252 valence electrons. The van der Waals surface area contributed by atoms with Gasteiger partial charge in [0, 0.05) is 10.8 Å². The summed E-state index contributed by atoms with van der Waals surface area (Å²) in [7, 11) is 0. The Bertz CT molecular complexity index is 2440. The van der Waals surface area contributed by atoms with Crippen LogP contribution in [0.4, 0.5) is 0 Å². The first-order valence-corrected chi connectivity index (χ1v) is 18.4. The molecule has 6 aromatic carbocycles. The zero-order chi connectivity index (χ0) is 35.3. The van der Waals surface area contributed by atoms with Gasteiger partial charge in [0.2, 0.25) is 0 Å². The van der Waals surface area contributed by atoms with Crippen molar-refractivity contribution in [1.82, 2.24) is 4.57 Å². The Morgan fingerprint density at radius 2 is 1.04 bits per heavy atom. The Hall–Kier alpha value is -5.40. The van der Waals surface area contributed by atoms with Gasteiger partial charge in [-0.15, -0.1) is 0 Å². The van der Waals surface area contributed by atoms with Crippen molar-refractivity contribution in [2.45, 2.75) is 65.2 Å². The van der Waals surface area contributed by atoms with E-state index in [1.807, 2.05) is 0 Å². The second-order valence-corrected chi connectivity index (χ2v) is 16.2. The molecule has 1 nitrogen and oxygen atoms in total. The Balaban J connectivity index is 1.40. The standard InChI is InChI=1S/C50H47N/c1-49(2,3)42-24-19-34(20-25-42)38-23-28-44-41(31-38)32-40-18-17-39(35-21-26-43(27-22-35)50(4,5)6)33-45(40)48(44)51-46(36-13-9-7-10-14-36)29-30-47(51)37-15-11-8-12-16-37/h7,9-11,13-33H,8,12H2,1-6H3. The zero-order valence-corrected chi connectivity index (χ0v) is 30.8. The molecule has 0 atom stereocenters. The Kier molecular flexibility index (Phi) is 8.19. The molecule has 0 saturated carbocycles. The van der Waals surface area contributed by atoms with E-state index in [-0.39, 0.29) is 10.8 Å². The van der Waals surface area contributed by atoms with Crippen LogP contribution in [0.15, 0.2) is 152 Å². The van der Waals surface area contributed by atoms with Crippen molar-refractivity contribution in [3.05, 3.63) is 169 Å². The van der Waals surface area contributed by atoms with Crippen LogP contribution in [-0.2, 0) is 10.8 Å². The van der Waals surface area contributed by atoms with Crippen LogP contribution >= 0.6 is 0 Å². The van der Waals surface area contributed by atoms with E-state index in [4.69, 9.17) is 0 Å². The van der Waals surface area contributed by atoms with Gasteiger partial charge in [0.1, 0.15) is 0 Å². The highest BCUT2D eigenvalue weighted by atomic mass is 15.0. The third-order valence-corrected chi connectivity index (χ3v) is 10.6. The van der Waals surface area contributed by atoms with Crippen LogP contribution in [0.1, 0.15) is 71.2 Å². The van der Waals surface area contributed by atoms with Gasteiger partial charge in [-0.2, -0.15) is 0 Å². The zero-order valence-electron chi connectivity index (χ0n) is 30.8. The van der Waals surface area contributed by atoms with E-state index in [1.54, 1.807) is 0 Å². The number of aromatic nitrogens is 1. The first-order valence-electron chi connectivity index (χ1n) is 18.4. The maximum absolute atomic E-state index is 2.53. The molecule has 1 heterocycles. The molecule has 0 aliphatic heterocycles. The van der Waals surface area contributed by atoms with Gasteiger partial charge in [-0.05, 0) is 109 Å². The second-order valence-electron chi connectivity index (χ2n) is 16.2. The summed E-state index contributed by atoms with van der Waals surface area (Å²) in [5.74, 6) is 0. The fraction of sp³-hybridized carbons (Fsp3) is 0.200. The van der Waals surface area contributed by atoms with Gasteiger partial charge >= 0.3 is 0 Å². The molecule has 1 aromatic heterocycles. The molecular weight excluding hydrogens is 615 g/mol. The molecular formula is C50H47N. The SMILES string of the molecule is CC(C)(C)c1ccc(-c2ccc3c(-n4c(C5=CCCC=C5)ccc4-c4ccccc4)c4cc(-c5ccc(C(C)(C)C)cc5)ccc4cc3c2)cc1. The molecule has 1 aliphatic carbocycles. The van der Waals surface area contributed by atoms with Crippen molar-refractivity contribution >= 4 is 27.1 Å². The van der Waals surface area contributed by atoms with Gasteiger partial charge in [-0.3, -0.25) is 0 Å². The van der Waals surface area contributed by atoms with Gasteiger partial charge in [0.05, 0.1) is 17.1 Å². The molecule has 51 heavy (non-hydrogen) atoms. The summed E-state index contributed by atoms with van der Waals surface area (Å²) < 4.78 is 2.53. The first kappa shape index (κ1) is 32.8. The molecule has 0 unspecified atom stereocenters. The molecule has 0 saturated heterocycles. The predicted octanol–water partition coefficient (Wildman–Crippen LogP) is 14.1. The highest BCUT2D eigenvalue weighted by molar-refractivity contribution is 6.10. The molecule has 0 amide bonds. The van der Waals surface area contributed by atoms with Crippen molar-refractivity contribution in [3.63, 3.8) is 0 Å². The van der Waals surface area contributed by atoms with Crippen molar-refractivity contribution in [1.29, 1.82) is 0 Å². The maximum Gasteiger partial charge on any atom is 0.0619 e. The monoisotopic (exact) mass is 661 g/mol. The van der Waals surface area contributed by atoms with Crippen LogP contribution in [0.25, 0.3) is 66.3 Å². The van der Waals surface area contributed by atoms with Crippen LogP contribution in [0.5, 0.6) is 0 Å². The molecule has 0 bridgehead atoms.